The van der Waals surface area contributed by atoms with E-state index < -0.39 is 0 Å². The quantitative estimate of drug-likeness (QED) is 0.274. The van der Waals surface area contributed by atoms with Gasteiger partial charge in [-0.2, -0.15) is 0 Å². The third-order valence-electron chi connectivity index (χ3n) is 2.61. The summed E-state index contributed by atoms with van der Waals surface area (Å²) >= 11 is 0. The summed E-state index contributed by atoms with van der Waals surface area (Å²) in [6.07, 6.45) is 8.43. The van der Waals surface area contributed by atoms with Crippen molar-refractivity contribution in [2.24, 2.45) is 5.11 Å². The van der Waals surface area contributed by atoms with Gasteiger partial charge in [0.25, 0.3) is 0 Å². The number of nitrogens with zero attached hydrogens (tertiary/aromatic N) is 3. The molecular weight excluding hydrogens is 210 g/mol. The summed E-state index contributed by atoms with van der Waals surface area (Å²) < 4.78 is 0. The van der Waals surface area contributed by atoms with Crippen LogP contribution in [0.25, 0.3) is 16.5 Å². The van der Waals surface area contributed by atoms with E-state index >= 15 is 0 Å². The number of hydrogen-bond donors (Lipinski definition) is 0. The van der Waals surface area contributed by atoms with E-state index in [9.17, 15) is 0 Å². The fourth-order valence-corrected chi connectivity index (χ4v) is 1.65. The Labute approximate surface area is 103 Å². The first-order valence-electron chi connectivity index (χ1n) is 6.14. The molecule has 0 N–H and O–H groups in total. The molecule has 0 aliphatic rings. The second-order valence-corrected chi connectivity index (χ2v) is 4.04. The molecule has 0 bridgehead atoms. The van der Waals surface area contributed by atoms with E-state index in [1.165, 1.54) is 12.8 Å². The predicted molar refractivity (Wildman–Crippen MR) is 72.6 cm³/mol. The Hall–Kier alpha value is -1.73. The monoisotopic (exact) mass is 229 g/mol. The molecule has 0 aliphatic carbocycles. The van der Waals surface area contributed by atoms with Crippen LogP contribution in [0.1, 0.15) is 38.2 Å². The molecule has 1 aromatic carbocycles. The van der Waals surface area contributed by atoms with Crippen molar-refractivity contribution >= 4 is 6.08 Å². The summed E-state index contributed by atoms with van der Waals surface area (Å²) in [5.41, 5.74) is 9.65. The van der Waals surface area contributed by atoms with E-state index in [-0.39, 0.29) is 6.04 Å². The third-order valence-corrected chi connectivity index (χ3v) is 2.61. The highest BCUT2D eigenvalue weighted by Gasteiger charge is 2.00. The summed E-state index contributed by atoms with van der Waals surface area (Å²) in [6.45, 7) is 2.17. The fourth-order valence-electron chi connectivity index (χ4n) is 1.65. The smallest absolute Gasteiger partial charge is 0.0558 e. The lowest BCUT2D eigenvalue weighted by Crippen LogP contribution is -1.98. The Morgan fingerprint density at radius 3 is 2.71 bits per heavy atom. The lowest BCUT2D eigenvalue weighted by atomic mass is 10.1. The summed E-state index contributed by atoms with van der Waals surface area (Å²) in [5.74, 6) is 0. The van der Waals surface area contributed by atoms with E-state index in [0.717, 1.165) is 18.4 Å². The van der Waals surface area contributed by atoms with Crippen LogP contribution in [0.4, 0.5) is 0 Å². The average molecular weight is 229 g/mol. The van der Waals surface area contributed by atoms with E-state index in [0.29, 0.717) is 0 Å². The molecule has 1 unspecified atom stereocenters. The fraction of sp³-hybridized carbons (Fsp3) is 0.429. The van der Waals surface area contributed by atoms with Gasteiger partial charge in [0.2, 0.25) is 0 Å². The van der Waals surface area contributed by atoms with E-state index in [2.05, 4.69) is 16.9 Å². The molecule has 0 amide bonds. The Morgan fingerprint density at radius 1 is 1.29 bits per heavy atom. The number of unbranched alkanes of at least 4 members (excludes halogenated alkanes) is 2. The summed E-state index contributed by atoms with van der Waals surface area (Å²) in [6, 6.07) is 10.0. The van der Waals surface area contributed by atoms with Crippen LogP contribution >= 0.6 is 0 Å². The van der Waals surface area contributed by atoms with Crippen molar-refractivity contribution in [2.45, 2.75) is 38.6 Å². The Morgan fingerprint density at radius 2 is 2.06 bits per heavy atom. The molecule has 90 valence electrons. The maximum absolute atomic E-state index is 8.51. The molecule has 0 spiro atoms. The van der Waals surface area contributed by atoms with Crippen molar-refractivity contribution in [3.63, 3.8) is 0 Å². The van der Waals surface area contributed by atoms with Crippen LogP contribution in [0.2, 0.25) is 0 Å². The van der Waals surface area contributed by atoms with Crippen LogP contribution in [0.3, 0.4) is 0 Å². The standard InChI is InChI=1S/C14H19N3/c1-2-3-5-10-14(16-17-15)12-11-13-8-6-4-7-9-13/h4,6-9,11-12,14H,2-3,5,10H2,1H3/b12-11+. The molecule has 1 atom stereocenters. The minimum atomic E-state index is -0.0215. The maximum atomic E-state index is 8.51. The molecule has 0 aromatic heterocycles. The molecule has 3 nitrogen and oxygen atoms in total. The molecule has 0 radical (unpaired) electrons. The minimum Gasteiger partial charge on any atom is -0.0865 e. The topological polar surface area (TPSA) is 48.8 Å². The number of rotatable bonds is 7. The first kappa shape index (κ1) is 13.3. The van der Waals surface area contributed by atoms with Gasteiger partial charge < -0.3 is 0 Å². The molecule has 0 fully saturated rings. The average Bonchev–Trinajstić information content (AvgIpc) is 2.37. The van der Waals surface area contributed by atoms with E-state index in [4.69, 9.17) is 5.53 Å². The second-order valence-electron chi connectivity index (χ2n) is 4.04. The van der Waals surface area contributed by atoms with Crippen molar-refractivity contribution in [2.75, 3.05) is 0 Å². The van der Waals surface area contributed by atoms with Gasteiger partial charge in [-0.3, -0.25) is 0 Å². The van der Waals surface area contributed by atoms with Gasteiger partial charge in [-0.1, -0.05) is 73.8 Å². The van der Waals surface area contributed by atoms with Crippen LogP contribution in [0.15, 0.2) is 41.5 Å². The zero-order valence-electron chi connectivity index (χ0n) is 10.3. The first-order valence-corrected chi connectivity index (χ1v) is 6.14. The molecule has 3 heteroatoms. The molecule has 0 saturated carbocycles. The van der Waals surface area contributed by atoms with Crippen molar-refractivity contribution in [3.8, 4) is 0 Å². The summed E-state index contributed by atoms with van der Waals surface area (Å²) in [7, 11) is 0. The van der Waals surface area contributed by atoms with Gasteiger partial charge in [0.15, 0.2) is 0 Å². The van der Waals surface area contributed by atoms with Crippen molar-refractivity contribution < 1.29 is 0 Å². The Balaban J connectivity index is 2.54. The van der Waals surface area contributed by atoms with Gasteiger partial charge in [0.05, 0.1) is 6.04 Å². The normalized spacial score (nSPS) is 12.3. The number of benzene rings is 1. The molecule has 0 saturated heterocycles. The number of hydrogen-bond acceptors (Lipinski definition) is 1. The van der Waals surface area contributed by atoms with Crippen LogP contribution in [-0.4, -0.2) is 6.04 Å². The maximum Gasteiger partial charge on any atom is 0.0558 e. The van der Waals surface area contributed by atoms with E-state index in [1.54, 1.807) is 0 Å². The predicted octanol–water partition coefficient (Wildman–Crippen LogP) is 4.96. The molecule has 17 heavy (non-hydrogen) atoms. The highest BCUT2D eigenvalue weighted by atomic mass is 15.1. The van der Waals surface area contributed by atoms with Gasteiger partial charge in [-0.25, -0.2) is 0 Å². The molecule has 1 aromatic rings. The Kier molecular flexibility index (Phi) is 6.61. The van der Waals surface area contributed by atoms with Crippen molar-refractivity contribution in [3.05, 3.63) is 52.4 Å². The molecule has 1 rings (SSSR count). The van der Waals surface area contributed by atoms with Crippen molar-refractivity contribution in [1.29, 1.82) is 0 Å². The second kappa shape index (κ2) is 8.43. The minimum absolute atomic E-state index is 0.0215. The lowest BCUT2D eigenvalue weighted by Gasteiger charge is -2.04. The van der Waals surface area contributed by atoms with Crippen LogP contribution in [0.5, 0.6) is 0 Å². The SMILES string of the molecule is CCCCCC(/C=C/c1ccccc1)N=[N+]=[N-]. The Bertz CT molecular complexity index is 378. The summed E-state index contributed by atoms with van der Waals surface area (Å²) in [5, 5.41) is 3.80. The van der Waals surface area contributed by atoms with Gasteiger partial charge >= 0.3 is 0 Å². The zero-order chi connectivity index (χ0) is 12.3. The third kappa shape index (κ3) is 5.79. The lowest BCUT2D eigenvalue weighted by molar-refractivity contribution is 0.622. The van der Waals surface area contributed by atoms with Gasteiger partial charge in [0, 0.05) is 4.91 Å². The van der Waals surface area contributed by atoms with Crippen LogP contribution < -0.4 is 0 Å². The molecule has 0 aliphatic heterocycles. The van der Waals surface area contributed by atoms with E-state index in [1.807, 2.05) is 42.5 Å². The first-order chi connectivity index (χ1) is 8.36. The zero-order valence-corrected chi connectivity index (χ0v) is 10.3. The molecule has 0 heterocycles. The highest BCUT2D eigenvalue weighted by Crippen LogP contribution is 2.10. The molecular formula is C14H19N3. The summed E-state index contributed by atoms with van der Waals surface area (Å²) in [4.78, 5) is 2.90. The largest absolute Gasteiger partial charge is 0.0865 e. The van der Waals surface area contributed by atoms with Crippen molar-refractivity contribution in [1.82, 2.24) is 0 Å². The van der Waals surface area contributed by atoms with Gasteiger partial charge in [0.1, 0.15) is 0 Å². The van der Waals surface area contributed by atoms with Gasteiger partial charge in [-0.15, -0.1) is 0 Å². The number of azide groups is 1. The van der Waals surface area contributed by atoms with Gasteiger partial charge in [-0.05, 0) is 17.5 Å². The van der Waals surface area contributed by atoms with Crippen LogP contribution in [0, 0.1) is 0 Å². The van der Waals surface area contributed by atoms with Crippen LogP contribution in [-0.2, 0) is 0 Å². The highest BCUT2D eigenvalue weighted by molar-refractivity contribution is 5.49.